The van der Waals surface area contributed by atoms with E-state index in [0.29, 0.717) is 0 Å². The summed E-state index contributed by atoms with van der Waals surface area (Å²) in [5.74, 6) is 0.906. The molecule has 2 heterocycles. The summed E-state index contributed by atoms with van der Waals surface area (Å²) < 4.78 is 0. The van der Waals surface area contributed by atoms with Crippen molar-refractivity contribution in [2.45, 2.75) is 44.7 Å². The van der Waals surface area contributed by atoms with Crippen molar-refractivity contribution in [1.82, 2.24) is 10.2 Å². The minimum Gasteiger partial charge on any atom is -0.314 e. The van der Waals surface area contributed by atoms with Gasteiger partial charge >= 0.3 is 0 Å². The van der Waals surface area contributed by atoms with E-state index in [-0.39, 0.29) is 0 Å². The third-order valence-corrected chi connectivity index (χ3v) is 5.31. The molecule has 0 radical (unpaired) electrons. The van der Waals surface area contributed by atoms with E-state index in [2.05, 4.69) is 28.4 Å². The molecule has 1 aliphatic carbocycles. The standard InChI is InChI=1S/C17H24N2/c1-2-14-5-4-13(10-15(14)3-1)11-19-9-7-17-16(12-19)6-8-18-17/h4-5,10,16-18H,1-3,6-9,11-12H2. The van der Waals surface area contributed by atoms with Crippen LogP contribution in [0.5, 0.6) is 0 Å². The van der Waals surface area contributed by atoms with Gasteiger partial charge in [-0.05, 0) is 67.8 Å². The molecular formula is C17H24N2. The summed E-state index contributed by atoms with van der Waals surface area (Å²) in [5, 5.41) is 3.65. The van der Waals surface area contributed by atoms with Crippen molar-refractivity contribution in [3.05, 3.63) is 34.9 Å². The van der Waals surface area contributed by atoms with E-state index in [1.165, 1.54) is 57.3 Å². The summed E-state index contributed by atoms with van der Waals surface area (Å²) in [4.78, 5) is 2.67. The first-order valence-corrected chi connectivity index (χ1v) is 7.95. The van der Waals surface area contributed by atoms with E-state index in [9.17, 15) is 0 Å². The number of likely N-dealkylation sites (tertiary alicyclic amines) is 1. The number of nitrogens with zero attached hydrogens (tertiary/aromatic N) is 1. The van der Waals surface area contributed by atoms with Crippen LogP contribution in [-0.4, -0.2) is 30.6 Å². The Bertz CT molecular complexity index is 468. The molecule has 2 nitrogen and oxygen atoms in total. The van der Waals surface area contributed by atoms with Gasteiger partial charge in [-0.25, -0.2) is 0 Å². The Kier molecular flexibility index (Phi) is 3.08. The highest BCUT2D eigenvalue weighted by molar-refractivity contribution is 5.35. The molecule has 2 saturated heterocycles. The van der Waals surface area contributed by atoms with Crippen molar-refractivity contribution >= 4 is 0 Å². The fourth-order valence-corrected chi connectivity index (χ4v) is 4.25. The number of nitrogens with one attached hydrogen (secondary N) is 1. The quantitative estimate of drug-likeness (QED) is 0.874. The van der Waals surface area contributed by atoms with Crippen LogP contribution in [0.15, 0.2) is 18.2 Å². The molecule has 0 bridgehead atoms. The molecule has 1 N–H and O–H groups in total. The third kappa shape index (κ3) is 2.32. The second kappa shape index (κ2) is 4.92. The van der Waals surface area contributed by atoms with E-state index in [4.69, 9.17) is 0 Å². The lowest BCUT2D eigenvalue weighted by atomic mass is 9.93. The van der Waals surface area contributed by atoms with Gasteiger partial charge in [0.2, 0.25) is 0 Å². The van der Waals surface area contributed by atoms with Crippen LogP contribution in [0, 0.1) is 5.92 Å². The first kappa shape index (κ1) is 11.9. The molecule has 0 spiro atoms. The molecule has 2 heteroatoms. The molecule has 0 aromatic heterocycles. The largest absolute Gasteiger partial charge is 0.314 e. The molecular weight excluding hydrogens is 232 g/mol. The average molecular weight is 256 g/mol. The minimum absolute atomic E-state index is 0.816. The highest BCUT2D eigenvalue weighted by Crippen LogP contribution is 2.27. The molecule has 3 aliphatic rings. The number of hydrogen-bond acceptors (Lipinski definition) is 2. The zero-order valence-electron chi connectivity index (χ0n) is 11.7. The summed E-state index contributed by atoms with van der Waals surface area (Å²) in [6.45, 7) is 4.97. The predicted octanol–water partition coefficient (Wildman–Crippen LogP) is 2.36. The van der Waals surface area contributed by atoms with Crippen LogP contribution in [0.25, 0.3) is 0 Å². The molecule has 0 amide bonds. The molecule has 0 saturated carbocycles. The van der Waals surface area contributed by atoms with E-state index in [1.54, 1.807) is 11.1 Å². The lowest BCUT2D eigenvalue weighted by Crippen LogP contribution is -2.43. The zero-order chi connectivity index (χ0) is 12.7. The Morgan fingerprint density at radius 1 is 1.16 bits per heavy atom. The van der Waals surface area contributed by atoms with Gasteiger partial charge in [0.25, 0.3) is 0 Å². The van der Waals surface area contributed by atoms with Crippen molar-refractivity contribution in [2.24, 2.45) is 5.92 Å². The number of rotatable bonds is 2. The van der Waals surface area contributed by atoms with Crippen LogP contribution in [0.4, 0.5) is 0 Å². The molecule has 4 rings (SSSR count). The Hall–Kier alpha value is -0.860. The van der Waals surface area contributed by atoms with Crippen molar-refractivity contribution in [3.8, 4) is 0 Å². The summed E-state index contributed by atoms with van der Waals surface area (Å²) in [6, 6.07) is 8.03. The van der Waals surface area contributed by atoms with Gasteiger partial charge in [0.15, 0.2) is 0 Å². The van der Waals surface area contributed by atoms with Crippen LogP contribution in [0.2, 0.25) is 0 Å². The molecule has 2 fully saturated rings. The molecule has 2 unspecified atom stereocenters. The van der Waals surface area contributed by atoms with E-state index in [0.717, 1.165) is 18.5 Å². The molecule has 102 valence electrons. The smallest absolute Gasteiger partial charge is 0.0233 e. The maximum atomic E-state index is 3.65. The predicted molar refractivity (Wildman–Crippen MR) is 78.3 cm³/mol. The van der Waals surface area contributed by atoms with E-state index in [1.807, 2.05) is 0 Å². The maximum Gasteiger partial charge on any atom is 0.0233 e. The Labute approximate surface area is 116 Å². The van der Waals surface area contributed by atoms with Crippen molar-refractivity contribution in [1.29, 1.82) is 0 Å². The highest BCUT2D eigenvalue weighted by atomic mass is 15.2. The van der Waals surface area contributed by atoms with Gasteiger partial charge in [0.05, 0.1) is 0 Å². The van der Waals surface area contributed by atoms with Crippen molar-refractivity contribution < 1.29 is 0 Å². The van der Waals surface area contributed by atoms with Crippen molar-refractivity contribution in [3.63, 3.8) is 0 Å². The van der Waals surface area contributed by atoms with Crippen LogP contribution in [-0.2, 0) is 19.4 Å². The number of aryl methyl sites for hydroxylation is 2. The van der Waals surface area contributed by atoms with Crippen molar-refractivity contribution in [2.75, 3.05) is 19.6 Å². The Morgan fingerprint density at radius 2 is 2.11 bits per heavy atom. The van der Waals surface area contributed by atoms with Crippen LogP contribution < -0.4 is 5.32 Å². The van der Waals surface area contributed by atoms with Gasteiger partial charge in [-0.15, -0.1) is 0 Å². The topological polar surface area (TPSA) is 15.3 Å². The van der Waals surface area contributed by atoms with Crippen LogP contribution in [0.1, 0.15) is 36.0 Å². The summed E-state index contributed by atoms with van der Waals surface area (Å²) in [6.07, 6.45) is 6.69. The van der Waals surface area contributed by atoms with Gasteiger partial charge in [0, 0.05) is 19.1 Å². The summed E-state index contributed by atoms with van der Waals surface area (Å²) >= 11 is 0. The first-order valence-electron chi connectivity index (χ1n) is 7.95. The first-order chi connectivity index (χ1) is 9.38. The SMILES string of the molecule is c1cc2c(cc1CN1CCC3NCCC3C1)CCC2. The monoisotopic (exact) mass is 256 g/mol. The third-order valence-electron chi connectivity index (χ3n) is 5.31. The zero-order valence-corrected chi connectivity index (χ0v) is 11.7. The fourth-order valence-electron chi connectivity index (χ4n) is 4.25. The maximum absolute atomic E-state index is 3.65. The number of benzene rings is 1. The Morgan fingerprint density at radius 3 is 3.11 bits per heavy atom. The average Bonchev–Trinajstić information content (AvgIpc) is 3.05. The number of hydrogen-bond donors (Lipinski definition) is 1. The fraction of sp³-hybridized carbons (Fsp3) is 0.647. The molecule has 2 atom stereocenters. The normalized spacial score (nSPS) is 30.3. The highest BCUT2D eigenvalue weighted by Gasteiger charge is 2.32. The van der Waals surface area contributed by atoms with Gasteiger partial charge in [0.1, 0.15) is 0 Å². The van der Waals surface area contributed by atoms with Gasteiger partial charge in [-0.3, -0.25) is 4.90 Å². The summed E-state index contributed by atoms with van der Waals surface area (Å²) in [5.41, 5.74) is 4.75. The van der Waals surface area contributed by atoms with E-state index >= 15 is 0 Å². The molecule has 2 aliphatic heterocycles. The van der Waals surface area contributed by atoms with Gasteiger partial charge < -0.3 is 5.32 Å². The number of piperidine rings is 1. The van der Waals surface area contributed by atoms with E-state index < -0.39 is 0 Å². The van der Waals surface area contributed by atoms with Gasteiger partial charge in [-0.2, -0.15) is 0 Å². The molecule has 1 aromatic rings. The van der Waals surface area contributed by atoms with Crippen LogP contribution in [0.3, 0.4) is 0 Å². The van der Waals surface area contributed by atoms with Crippen LogP contribution >= 0.6 is 0 Å². The van der Waals surface area contributed by atoms with Gasteiger partial charge in [-0.1, -0.05) is 18.2 Å². The molecule has 19 heavy (non-hydrogen) atoms. The lowest BCUT2D eigenvalue weighted by molar-refractivity contribution is 0.156. The number of fused-ring (bicyclic) bond motifs is 2. The minimum atomic E-state index is 0.816. The lowest BCUT2D eigenvalue weighted by Gasteiger charge is -2.34. The molecule has 1 aromatic carbocycles. The summed E-state index contributed by atoms with van der Waals surface area (Å²) in [7, 11) is 0. The second-order valence-electron chi connectivity index (χ2n) is 6.59. The Balaban J connectivity index is 1.44. The second-order valence-corrected chi connectivity index (χ2v) is 6.59.